The van der Waals surface area contributed by atoms with Gasteiger partial charge in [-0.25, -0.2) is 13.1 Å². The zero-order valence-corrected chi connectivity index (χ0v) is 15.1. The van der Waals surface area contributed by atoms with E-state index in [0.717, 1.165) is 5.56 Å². The van der Waals surface area contributed by atoms with Crippen LogP contribution in [0.4, 0.5) is 5.69 Å². The molecule has 0 unspecified atom stereocenters. The number of nitrogens with zero attached hydrogens (tertiary/aromatic N) is 3. The molecule has 9 heteroatoms. The van der Waals surface area contributed by atoms with Crippen LogP contribution in [0.3, 0.4) is 0 Å². The summed E-state index contributed by atoms with van der Waals surface area (Å²) in [7, 11) is -0.911. The van der Waals surface area contributed by atoms with Gasteiger partial charge in [0.15, 0.2) is 0 Å². The maximum absolute atomic E-state index is 12.7. The van der Waals surface area contributed by atoms with Crippen molar-refractivity contribution in [2.75, 3.05) is 11.8 Å². The quantitative estimate of drug-likeness (QED) is 0.758. The Morgan fingerprint density at radius 2 is 1.92 bits per heavy atom. The number of anilines is 1. The molecule has 0 aliphatic carbocycles. The first-order chi connectivity index (χ1) is 11.7. The molecule has 3 aromatic rings. The number of fused-ring (bicyclic) bond motifs is 1. The van der Waals surface area contributed by atoms with E-state index in [-0.39, 0.29) is 16.0 Å². The van der Waals surface area contributed by atoms with E-state index < -0.39 is 10.0 Å². The summed E-state index contributed by atoms with van der Waals surface area (Å²) in [4.78, 5) is 12.1. The number of aryl methyl sites for hydroxylation is 3. The van der Waals surface area contributed by atoms with Gasteiger partial charge < -0.3 is 4.74 Å². The van der Waals surface area contributed by atoms with E-state index in [2.05, 4.69) is 9.82 Å². The largest absolute Gasteiger partial charge is 0.495 e. The van der Waals surface area contributed by atoms with E-state index in [1.807, 2.05) is 13.0 Å². The number of methoxy groups -OCH3 is 1. The normalized spacial score (nSPS) is 11.7. The summed E-state index contributed by atoms with van der Waals surface area (Å²) in [5.41, 5.74) is 1.08. The molecule has 2 heterocycles. The molecule has 3 rings (SSSR count). The Balaban J connectivity index is 2.11. The summed E-state index contributed by atoms with van der Waals surface area (Å²) < 4.78 is 35.9. The Bertz CT molecular complexity index is 1130. The van der Waals surface area contributed by atoms with Gasteiger partial charge in [0.05, 0.1) is 12.8 Å². The second-order valence-corrected chi connectivity index (χ2v) is 7.40. The summed E-state index contributed by atoms with van der Waals surface area (Å²) >= 11 is 0. The van der Waals surface area contributed by atoms with Crippen LogP contribution in [-0.2, 0) is 17.1 Å². The maximum Gasteiger partial charge on any atom is 0.290 e. The Morgan fingerprint density at radius 3 is 2.60 bits per heavy atom. The molecule has 0 aliphatic rings. The highest BCUT2D eigenvalue weighted by atomic mass is 32.2. The van der Waals surface area contributed by atoms with Crippen molar-refractivity contribution in [3.8, 4) is 5.75 Å². The Kier molecular flexibility index (Phi) is 4.03. The van der Waals surface area contributed by atoms with Crippen LogP contribution < -0.4 is 15.0 Å². The van der Waals surface area contributed by atoms with Crippen LogP contribution in [0, 0.1) is 13.8 Å². The molecule has 0 aliphatic heterocycles. The highest BCUT2D eigenvalue weighted by Crippen LogP contribution is 2.28. The first-order valence-corrected chi connectivity index (χ1v) is 8.95. The highest BCUT2D eigenvalue weighted by Gasteiger charge is 2.20. The molecule has 0 atom stereocenters. The summed E-state index contributed by atoms with van der Waals surface area (Å²) in [5, 5.41) is 4.05. The van der Waals surface area contributed by atoms with Crippen molar-refractivity contribution in [1.82, 2.24) is 14.2 Å². The summed E-state index contributed by atoms with van der Waals surface area (Å²) in [5.74, 6) is 0.915. The van der Waals surface area contributed by atoms with Crippen molar-refractivity contribution in [2.45, 2.75) is 18.7 Å². The van der Waals surface area contributed by atoms with Gasteiger partial charge in [-0.05, 0) is 37.6 Å². The number of hydrogen-bond donors (Lipinski definition) is 1. The number of ether oxygens (including phenoxy) is 1. The zero-order valence-electron chi connectivity index (χ0n) is 14.3. The smallest absolute Gasteiger partial charge is 0.290 e. The number of benzene rings is 1. The lowest BCUT2D eigenvalue weighted by Crippen LogP contribution is -2.22. The lowest BCUT2D eigenvalue weighted by molar-refractivity contribution is 0.417. The molecule has 25 heavy (non-hydrogen) atoms. The van der Waals surface area contributed by atoms with Crippen LogP contribution in [0.15, 0.2) is 40.2 Å². The van der Waals surface area contributed by atoms with Crippen molar-refractivity contribution in [2.24, 2.45) is 7.05 Å². The monoisotopic (exact) mass is 362 g/mol. The maximum atomic E-state index is 12.7. The van der Waals surface area contributed by atoms with Crippen LogP contribution in [0.2, 0.25) is 0 Å². The molecule has 0 saturated carbocycles. The summed E-state index contributed by atoms with van der Waals surface area (Å²) in [6.07, 6.45) is 1.38. The molecule has 0 amide bonds. The van der Waals surface area contributed by atoms with E-state index in [0.29, 0.717) is 17.3 Å². The number of aromatic nitrogens is 3. The first kappa shape index (κ1) is 17.0. The molecule has 1 aromatic carbocycles. The molecule has 8 nitrogen and oxygen atoms in total. The summed E-state index contributed by atoms with van der Waals surface area (Å²) in [6.45, 7) is 3.54. The van der Waals surface area contributed by atoms with Crippen molar-refractivity contribution in [1.29, 1.82) is 0 Å². The molecular formula is C16H18N4O4S. The minimum absolute atomic E-state index is 0.0238. The van der Waals surface area contributed by atoms with Crippen molar-refractivity contribution in [3.63, 3.8) is 0 Å². The van der Waals surface area contributed by atoms with Gasteiger partial charge >= 0.3 is 0 Å². The third-order valence-corrected chi connectivity index (χ3v) is 5.19. The number of rotatable bonds is 4. The van der Waals surface area contributed by atoms with Gasteiger partial charge in [-0.15, -0.1) is 0 Å². The fraction of sp³-hybridized carbons (Fsp3) is 0.250. The predicted octanol–water partition coefficient (Wildman–Crippen LogP) is 1.46. The van der Waals surface area contributed by atoms with Gasteiger partial charge in [0, 0.05) is 13.2 Å². The summed E-state index contributed by atoms with van der Waals surface area (Å²) in [6, 6.07) is 6.52. The Labute approximate surface area is 144 Å². The SMILES string of the molecule is COc1ccc(C)cc1NS(=O)(=O)c1cc2c(=O)n(C)nc(C)n2c1. The minimum atomic E-state index is -3.90. The van der Waals surface area contributed by atoms with Gasteiger partial charge in [-0.2, -0.15) is 5.10 Å². The number of nitrogens with one attached hydrogen (secondary N) is 1. The molecule has 0 saturated heterocycles. The van der Waals surface area contributed by atoms with E-state index >= 15 is 0 Å². The fourth-order valence-electron chi connectivity index (χ4n) is 2.60. The minimum Gasteiger partial charge on any atom is -0.495 e. The van der Waals surface area contributed by atoms with E-state index in [1.165, 1.54) is 35.5 Å². The van der Waals surface area contributed by atoms with Crippen LogP contribution >= 0.6 is 0 Å². The van der Waals surface area contributed by atoms with Gasteiger partial charge in [0.1, 0.15) is 22.0 Å². The van der Waals surface area contributed by atoms with Gasteiger partial charge in [0.25, 0.3) is 15.6 Å². The van der Waals surface area contributed by atoms with Crippen LogP contribution in [0.25, 0.3) is 5.52 Å². The third kappa shape index (κ3) is 2.98. The van der Waals surface area contributed by atoms with Crippen LogP contribution in [0.1, 0.15) is 11.4 Å². The van der Waals surface area contributed by atoms with E-state index in [9.17, 15) is 13.2 Å². The highest BCUT2D eigenvalue weighted by molar-refractivity contribution is 7.92. The zero-order chi connectivity index (χ0) is 18.4. The van der Waals surface area contributed by atoms with Crippen LogP contribution in [-0.4, -0.2) is 29.7 Å². The molecular weight excluding hydrogens is 344 g/mol. The average molecular weight is 362 g/mol. The van der Waals surface area contributed by atoms with Crippen molar-refractivity contribution >= 4 is 21.2 Å². The molecule has 0 spiro atoms. The molecule has 1 N–H and O–H groups in total. The molecule has 0 radical (unpaired) electrons. The predicted molar refractivity (Wildman–Crippen MR) is 93.7 cm³/mol. The fourth-order valence-corrected chi connectivity index (χ4v) is 3.68. The lowest BCUT2D eigenvalue weighted by atomic mass is 10.2. The Morgan fingerprint density at radius 1 is 1.20 bits per heavy atom. The standard InChI is InChI=1S/C16H18N4O4S/c1-10-5-6-15(24-4)13(7-10)18-25(22,23)12-8-14-16(21)19(3)17-11(2)20(14)9-12/h5-9,18H,1-4H3. The third-order valence-electron chi connectivity index (χ3n) is 3.86. The second-order valence-electron chi connectivity index (χ2n) is 5.72. The molecule has 0 bridgehead atoms. The average Bonchev–Trinajstić information content (AvgIpc) is 2.99. The van der Waals surface area contributed by atoms with Crippen LogP contribution in [0.5, 0.6) is 5.75 Å². The molecule has 132 valence electrons. The first-order valence-electron chi connectivity index (χ1n) is 7.46. The molecule has 0 fully saturated rings. The van der Waals surface area contributed by atoms with E-state index in [4.69, 9.17) is 4.74 Å². The topological polar surface area (TPSA) is 94.7 Å². The second kappa shape index (κ2) is 5.92. The van der Waals surface area contributed by atoms with Crippen molar-refractivity contribution in [3.05, 3.63) is 52.2 Å². The van der Waals surface area contributed by atoms with Gasteiger partial charge in [-0.1, -0.05) is 6.07 Å². The lowest BCUT2D eigenvalue weighted by Gasteiger charge is -2.11. The number of hydrogen-bond acceptors (Lipinski definition) is 5. The Hall–Kier alpha value is -2.81. The molecule has 2 aromatic heterocycles. The number of sulfonamides is 1. The van der Waals surface area contributed by atoms with E-state index in [1.54, 1.807) is 19.1 Å². The van der Waals surface area contributed by atoms with Gasteiger partial charge in [0.2, 0.25) is 0 Å². The van der Waals surface area contributed by atoms with Crippen molar-refractivity contribution < 1.29 is 13.2 Å². The van der Waals surface area contributed by atoms with Gasteiger partial charge in [-0.3, -0.25) is 13.9 Å².